The van der Waals surface area contributed by atoms with Gasteiger partial charge in [0.05, 0.1) is 0 Å². The predicted molar refractivity (Wildman–Crippen MR) is 67.9 cm³/mol. The van der Waals surface area contributed by atoms with Gasteiger partial charge in [0.1, 0.15) is 0 Å². The summed E-state index contributed by atoms with van der Waals surface area (Å²) in [5, 5.41) is 2.79. The van der Waals surface area contributed by atoms with Crippen LogP contribution < -0.4 is 16.8 Å². The third-order valence-corrected chi connectivity index (χ3v) is 2.93. The van der Waals surface area contributed by atoms with E-state index in [1.165, 1.54) is 0 Å². The van der Waals surface area contributed by atoms with Crippen molar-refractivity contribution < 1.29 is 4.79 Å². The van der Waals surface area contributed by atoms with E-state index >= 15 is 0 Å². The summed E-state index contributed by atoms with van der Waals surface area (Å²) in [6.07, 6.45) is 2.45. The summed E-state index contributed by atoms with van der Waals surface area (Å²) in [6, 6.07) is 0. The Morgan fingerprint density at radius 3 is 2.25 bits per heavy atom. The first kappa shape index (κ1) is 15.4. The third kappa shape index (κ3) is 6.80. The van der Waals surface area contributed by atoms with Crippen LogP contribution in [0.2, 0.25) is 0 Å². The van der Waals surface area contributed by atoms with Gasteiger partial charge in [0.25, 0.3) is 0 Å². The van der Waals surface area contributed by atoms with Crippen molar-refractivity contribution in [2.24, 2.45) is 22.8 Å². The minimum Gasteiger partial charge on any atom is -0.355 e. The summed E-state index contributed by atoms with van der Waals surface area (Å²) < 4.78 is 0. The van der Waals surface area contributed by atoms with E-state index in [0.717, 1.165) is 12.8 Å². The Balaban J connectivity index is 3.97. The second-order valence-corrected chi connectivity index (χ2v) is 5.32. The SMILES string of the molecule is CC(C)(C)C(CCN)CCC(=O)NCCN. The van der Waals surface area contributed by atoms with Crippen molar-refractivity contribution in [3.05, 3.63) is 0 Å². The molecule has 0 heterocycles. The summed E-state index contributed by atoms with van der Waals surface area (Å²) in [7, 11) is 0. The lowest BCUT2D eigenvalue weighted by Crippen LogP contribution is -2.30. The number of amides is 1. The molecule has 0 saturated heterocycles. The summed E-state index contributed by atoms with van der Waals surface area (Å²) >= 11 is 0. The maximum Gasteiger partial charge on any atom is 0.220 e. The molecule has 16 heavy (non-hydrogen) atoms. The van der Waals surface area contributed by atoms with Crippen molar-refractivity contribution in [1.29, 1.82) is 0 Å². The van der Waals surface area contributed by atoms with E-state index in [2.05, 4.69) is 26.1 Å². The van der Waals surface area contributed by atoms with E-state index < -0.39 is 0 Å². The number of carbonyl (C=O) groups is 1. The lowest BCUT2D eigenvalue weighted by molar-refractivity contribution is -0.121. The van der Waals surface area contributed by atoms with E-state index in [4.69, 9.17) is 11.5 Å². The molecule has 96 valence electrons. The highest BCUT2D eigenvalue weighted by atomic mass is 16.1. The molecule has 0 aromatic rings. The van der Waals surface area contributed by atoms with E-state index in [9.17, 15) is 4.79 Å². The Hall–Kier alpha value is -0.610. The van der Waals surface area contributed by atoms with Gasteiger partial charge in [-0.1, -0.05) is 20.8 Å². The normalized spacial score (nSPS) is 13.6. The van der Waals surface area contributed by atoms with E-state index in [0.29, 0.717) is 32.0 Å². The Morgan fingerprint density at radius 2 is 1.81 bits per heavy atom. The van der Waals surface area contributed by atoms with E-state index in [-0.39, 0.29) is 11.3 Å². The smallest absolute Gasteiger partial charge is 0.220 e. The van der Waals surface area contributed by atoms with Crippen molar-refractivity contribution in [2.45, 2.75) is 40.0 Å². The fourth-order valence-corrected chi connectivity index (χ4v) is 1.82. The molecular weight excluding hydrogens is 202 g/mol. The highest BCUT2D eigenvalue weighted by Crippen LogP contribution is 2.31. The molecule has 0 bridgehead atoms. The number of hydrogen-bond acceptors (Lipinski definition) is 3. The summed E-state index contributed by atoms with van der Waals surface area (Å²) in [6.45, 7) is 8.35. The van der Waals surface area contributed by atoms with Gasteiger partial charge in [-0.3, -0.25) is 4.79 Å². The van der Waals surface area contributed by atoms with Crippen LogP contribution >= 0.6 is 0 Å². The molecule has 0 aliphatic rings. The van der Waals surface area contributed by atoms with Gasteiger partial charge in [0, 0.05) is 19.5 Å². The molecule has 1 amide bonds. The van der Waals surface area contributed by atoms with Gasteiger partial charge in [-0.15, -0.1) is 0 Å². The number of nitrogens with one attached hydrogen (secondary N) is 1. The van der Waals surface area contributed by atoms with Crippen LogP contribution in [0.15, 0.2) is 0 Å². The van der Waals surface area contributed by atoms with Crippen LogP contribution in [0, 0.1) is 11.3 Å². The molecule has 5 N–H and O–H groups in total. The molecule has 0 aromatic carbocycles. The second kappa shape index (κ2) is 7.63. The number of nitrogens with two attached hydrogens (primary N) is 2. The molecule has 1 atom stereocenters. The molecular formula is C12H27N3O. The maximum atomic E-state index is 11.4. The van der Waals surface area contributed by atoms with Crippen LogP contribution in [0.4, 0.5) is 0 Å². The van der Waals surface area contributed by atoms with Crippen molar-refractivity contribution in [1.82, 2.24) is 5.32 Å². The fourth-order valence-electron chi connectivity index (χ4n) is 1.82. The molecule has 0 radical (unpaired) electrons. The van der Waals surface area contributed by atoms with Crippen LogP contribution in [0.1, 0.15) is 40.0 Å². The van der Waals surface area contributed by atoms with Gasteiger partial charge >= 0.3 is 0 Å². The summed E-state index contributed by atoms with van der Waals surface area (Å²) in [5.41, 5.74) is 11.1. The van der Waals surface area contributed by atoms with Gasteiger partial charge < -0.3 is 16.8 Å². The Morgan fingerprint density at radius 1 is 1.19 bits per heavy atom. The average Bonchev–Trinajstić information content (AvgIpc) is 2.19. The van der Waals surface area contributed by atoms with Crippen molar-refractivity contribution >= 4 is 5.91 Å². The largest absolute Gasteiger partial charge is 0.355 e. The van der Waals surface area contributed by atoms with Crippen molar-refractivity contribution in [3.63, 3.8) is 0 Å². The van der Waals surface area contributed by atoms with Crippen LogP contribution in [-0.2, 0) is 4.79 Å². The minimum atomic E-state index is 0.0942. The van der Waals surface area contributed by atoms with Crippen molar-refractivity contribution in [2.75, 3.05) is 19.6 Å². The Kier molecular flexibility index (Phi) is 7.34. The highest BCUT2D eigenvalue weighted by Gasteiger charge is 2.24. The molecule has 4 nitrogen and oxygen atoms in total. The second-order valence-electron chi connectivity index (χ2n) is 5.32. The molecule has 0 rings (SSSR count). The molecule has 0 spiro atoms. The third-order valence-electron chi connectivity index (χ3n) is 2.93. The zero-order valence-electron chi connectivity index (χ0n) is 10.9. The first-order chi connectivity index (χ1) is 7.41. The minimum absolute atomic E-state index is 0.0942. The summed E-state index contributed by atoms with van der Waals surface area (Å²) in [5.74, 6) is 0.595. The molecule has 0 fully saturated rings. The van der Waals surface area contributed by atoms with Gasteiger partial charge in [0.15, 0.2) is 0 Å². The molecule has 4 heteroatoms. The number of hydrogen-bond donors (Lipinski definition) is 3. The first-order valence-corrected chi connectivity index (χ1v) is 6.08. The topological polar surface area (TPSA) is 81.1 Å². The van der Waals surface area contributed by atoms with Gasteiger partial charge in [-0.25, -0.2) is 0 Å². The predicted octanol–water partition coefficient (Wildman–Crippen LogP) is 0.853. The maximum absolute atomic E-state index is 11.4. The zero-order chi connectivity index (χ0) is 12.6. The molecule has 1 unspecified atom stereocenters. The standard InChI is InChI=1S/C12H27N3O/c1-12(2,3)10(6-7-13)4-5-11(16)15-9-8-14/h10H,4-9,13-14H2,1-3H3,(H,15,16). The summed E-state index contributed by atoms with van der Waals surface area (Å²) in [4.78, 5) is 11.4. The van der Waals surface area contributed by atoms with Gasteiger partial charge in [0.2, 0.25) is 5.91 Å². The number of rotatable bonds is 7. The quantitative estimate of drug-likeness (QED) is 0.605. The molecule has 0 aromatic heterocycles. The Bertz CT molecular complexity index is 199. The first-order valence-electron chi connectivity index (χ1n) is 6.08. The highest BCUT2D eigenvalue weighted by molar-refractivity contribution is 5.75. The molecule has 0 aliphatic carbocycles. The van der Waals surface area contributed by atoms with E-state index in [1.54, 1.807) is 0 Å². The van der Waals surface area contributed by atoms with Crippen LogP contribution in [0.25, 0.3) is 0 Å². The lowest BCUT2D eigenvalue weighted by atomic mass is 9.76. The molecule has 0 aliphatic heterocycles. The number of carbonyl (C=O) groups excluding carboxylic acids is 1. The van der Waals surface area contributed by atoms with Crippen LogP contribution in [0.3, 0.4) is 0 Å². The van der Waals surface area contributed by atoms with Crippen LogP contribution in [-0.4, -0.2) is 25.5 Å². The molecule has 0 saturated carbocycles. The van der Waals surface area contributed by atoms with Crippen molar-refractivity contribution in [3.8, 4) is 0 Å². The van der Waals surface area contributed by atoms with Gasteiger partial charge in [-0.2, -0.15) is 0 Å². The monoisotopic (exact) mass is 229 g/mol. The fraction of sp³-hybridized carbons (Fsp3) is 0.917. The van der Waals surface area contributed by atoms with Crippen LogP contribution in [0.5, 0.6) is 0 Å². The Labute approximate surface area is 99.1 Å². The average molecular weight is 229 g/mol. The van der Waals surface area contributed by atoms with Gasteiger partial charge in [-0.05, 0) is 30.7 Å². The zero-order valence-corrected chi connectivity index (χ0v) is 10.9. The lowest BCUT2D eigenvalue weighted by Gasteiger charge is -2.30. The van der Waals surface area contributed by atoms with E-state index in [1.807, 2.05) is 0 Å².